The van der Waals surface area contributed by atoms with Crippen molar-refractivity contribution >= 4 is 17.3 Å². The molecule has 0 fully saturated rings. The largest absolute Gasteiger partial charge is 0.386 e. The van der Waals surface area contributed by atoms with Crippen LogP contribution in [0.3, 0.4) is 0 Å². The second kappa shape index (κ2) is 5.71. The third-order valence-corrected chi connectivity index (χ3v) is 2.70. The van der Waals surface area contributed by atoms with Crippen LogP contribution < -0.4 is 16.2 Å². The van der Waals surface area contributed by atoms with Gasteiger partial charge in [0.15, 0.2) is 0 Å². The van der Waals surface area contributed by atoms with Crippen LogP contribution in [-0.2, 0) is 0 Å². The first-order valence-corrected chi connectivity index (χ1v) is 5.86. The van der Waals surface area contributed by atoms with Gasteiger partial charge in [-0.1, -0.05) is 0 Å². The number of benzene rings is 1. The van der Waals surface area contributed by atoms with Crippen LogP contribution in [-0.4, -0.2) is 17.9 Å². The molecule has 0 aliphatic rings. The number of amides is 1. The van der Waals surface area contributed by atoms with E-state index in [0.717, 1.165) is 0 Å². The first kappa shape index (κ1) is 13.4. The molecule has 0 spiro atoms. The van der Waals surface area contributed by atoms with Crippen molar-refractivity contribution < 1.29 is 4.79 Å². The van der Waals surface area contributed by atoms with Gasteiger partial charge in [0.2, 0.25) is 5.56 Å². The number of pyridine rings is 1. The lowest BCUT2D eigenvalue weighted by Crippen LogP contribution is -2.16. The molecule has 2 rings (SSSR count). The molecule has 0 aliphatic carbocycles. The van der Waals surface area contributed by atoms with Crippen molar-refractivity contribution in [3.05, 3.63) is 58.0 Å². The van der Waals surface area contributed by atoms with Gasteiger partial charge < -0.3 is 15.6 Å². The molecular weight excluding hydrogens is 256 g/mol. The molecule has 6 heteroatoms. The summed E-state index contributed by atoms with van der Waals surface area (Å²) in [5, 5.41) is 14.5. The Labute approximate surface area is 115 Å². The highest BCUT2D eigenvalue weighted by Crippen LogP contribution is 2.23. The van der Waals surface area contributed by atoms with Crippen molar-refractivity contribution in [2.24, 2.45) is 0 Å². The van der Waals surface area contributed by atoms with E-state index in [0.29, 0.717) is 16.9 Å². The SMILES string of the molecule is CNc1ccc(C#N)cc1NC(=O)c1cc[nH]c(=O)c1. The Bertz CT molecular complexity index is 743. The Balaban J connectivity index is 2.32. The zero-order valence-corrected chi connectivity index (χ0v) is 10.7. The molecule has 6 nitrogen and oxygen atoms in total. The number of nitrogens with one attached hydrogen (secondary N) is 3. The standard InChI is InChI=1S/C14H12N4O2/c1-16-11-3-2-9(8-15)6-12(11)18-14(20)10-4-5-17-13(19)7-10/h2-7,16H,1H3,(H,17,19)(H,18,20). The molecule has 1 amide bonds. The highest BCUT2D eigenvalue weighted by molar-refractivity contribution is 6.05. The summed E-state index contributed by atoms with van der Waals surface area (Å²) in [5.74, 6) is -0.414. The number of nitriles is 1. The minimum Gasteiger partial charge on any atom is -0.386 e. The number of hydrogen-bond donors (Lipinski definition) is 3. The molecule has 20 heavy (non-hydrogen) atoms. The van der Waals surface area contributed by atoms with Gasteiger partial charge in [0.05, 0.1) is 23.0 Å². The summed E-state index contributed by atoms with van der Waals surface area (Å²) < 4.78 is 0. The molecule has 0 radical (unpaired) electrons. The smallest absolute Gasteiger partial charge is 0.255 e. The van der Waals surface area contributed by atoms with E-state index in [9.17, 15) is 9.59 Å². The molecular formula is C14H12N4O2. The predicted octanol–water partition coefficient (Wildman–Crippen LogP) is 1.54. The van der Waals surface area contributed by atoms with E-state index in [4.69, 9.17) is 5.26 Å². The van der Waals surface area contributed by atoms with Gasteiger partial charge in [-0.15, -0.1) is 0 Å². The monoisotopic (exact) mass is 268 g/mol. The van der Waals surface area contributed by atoms with Gasteiger partial charge in [-0.05, 0) is 24.3 Å². The van der Waals surface area contributed by atoms with Crippen LogP contribution in [0.1, 0.15) is 15.9 Å². The van der Waals surface area contributed by atoms with Crippen LogP contribution in [0.25, 0.3) is 0 Å². The molecule has 0 saturated carbocycles. The number of carbonyl (C=O) groups excluding carboxylic acids is 1. The second-order valence-corrected chi connectivity index (χ2v) is 4.02. The Hall–Kier alpha value is -3.07. The summed E-state index contributed by atoms with van der Waals surface area (Å²) in [7, 11) is 1.71. The van der Waals surface area contributed by atoms with E-state index in [1.807, 2.05) is 6.07 Å². The van der Waals surface area contributed by atoms with Crippen LogP contribution in [0, 0.1) is 11.3 Å². The minimum atomic E-state index is -0.414. The van der Waals surface area contributed by atoms with Gasteiger partial charge >= 0.3 is 0 Å². The fourth-order valence-electron chi connectivity index (χ4n) is 1.72. The van der Waals surface area contributed by atoms with E-state index in [-0.39, 0.29) is 11.1 Å². The van der Waals surface area contributed by atoms with E-state index in [2.05, 4.69) is 15.6 Å². The van der Waals surface area contributed by atoms with Gasteiger partial charge in [0, 0.05) is 24.9 Å². The van der Waals surface area contributed by atoms with Crippen molar-refractivity contribution in [2.75, 3.05) is 17.7 Å². The Morgan fingerprint density at radius 2 is 2.05 bits per heavy atom. The number of anilines is 2. The zero-order chi connectivity index (χ0) is 14.5. The summed E-state index contributed by atoms with van der Waals surface area (Å²) in [5.41, 5.74) is 1.50. The molecule has 1 aromatic heterocycles. The number of nitrogens with zero attached hydrogens (tertiary/aromatic N) is 1. The molecule has 1 heterocycles. The normalized spacial score (nSPS) is 9.60. The second-order valence-electron chi connectivity index (χ2n) is 4.02. The maximum absolute atomic E-state index is 12.1. The molecule has 1 aromatic carbocycles. The van der Waals surface area contributed by atoms with E-state index in [1.165, 1.54) is 18.3 Å². The van der Waals surface area contributed by atoms with Gasteiger partial charge in [0.1, 0.15) is 0 Å². The average molecular weight is 268 g/mol. The summed E-state index contributed by atoms with van der Waals surface area (Å²) in [4.78, 5) is 25.7. The third kappa shape index (κ3) is 2.84. The highest BCUT2D eigenvalue weighted by atomic mass is 16.2. The quantitative estimate of drug-likeness (QED) is 0.786. The highest BCUT2D eigenvalue weighted by Gasteiger charge is 2.10. The summed E-state index contributed by atoms with van der Waals surface area (Å²) >= 11 is 0. The Kier molecular flexibility index (Phi) is 3.82. The van der Waals surface area contributed by atoms with Gasteiger partial charge in [0.25, 0.3) is 5.91 Å². The maximum atomic E-state index is 12.1. The molecule has 0 saturated heterocycles. The molecule has 0 atom stereocenters. The first-order chi connectivity index (χ1) is 9.63. The zero-order valence-electron chi connectivity index (χ0n) is 10.7. The van der Waals surface area contributed by atoms with Gasteiger partial charge in [-0.25, -0.2) is 0 Å². The van der Waals surface area contributed by atoms with Gasteiger partial charge in [-0.3, -0.25) is 9.59 Å². The van der Waals surface area contributed by atoms with Crippen LogP contribution in [0.5, 0.6) is 0 Å². The summed E-state index contributed by atoms with van der Waals surface area (Å²) in [6, 6.07) is 9.64. The minimum absolute atomic E-state index is 0.248. The predicted molar refractivity (Wildman–Crippen MR) is 75.7 cm³/mol. The lowest BCUT2D eigenvalue weighted by atomic mass is 10.1. The van der Waals surface area contributed by atoms with Crippen LogP contribution in [0.4, 0.5) is 11.4 Å². The molecule has 0 bridgehead atoms. The van der Waals surface area contributed by atoms with Crippen molar-refractivity contribution in [3.8, 4) is 6.07 Å². The molecule has 3 N–H and O–H groups in total. The summed E-state index contributed by atoms with van der Waals surface area (Å²) in [6.07, 6.45) is 1.40. The maximum Gasteiger partial charge on any atom is 0.255 e. The number of aromatic nitrogens is 1. The number of H-pyrrole nitrogens is 1. The van der Waals surface area contributed by atoms with E-state index >= 15 is 0 Å². The lowest BCUT2D eigenvalue weighted by Gasteiger charge is -2.11. The van der Waals surface area contributed by atoms with Crippen molar-refractivity contribution in [3.63, 3.8) is 0 Å². The average Bonchev–Trinajstić information content (AvgIpc) is 2.47. The number of aromatic amines is 1. The lowest BCUT2D eigenvalue weighted by molar-refractivity contribution is 0.102. The topological polar surface area (TPSA) is 97.8 Å². The van der Waals surface area contributed by atoms with E-state index < -0.39 is 5.91 Å². The Morgan fingerprint density at radius 1 is 1.25 bits per heavy atom. The molecule has 100 valence electrons. The van der Waals surface area contributed by atoms with Gasteiger partial charge in [-0.2, -0.15) is 5.26 Å². The number of hydrogen-bond acceptors (Lipinski definition) is 4. The van der Waals surface area contributed by atoms with Crippen molar-refractivity contribution in [2.45, 2.75) is 0 Å². The van der Waals surface area contributed by atoms with Crippen molar-refractivity contribution in [1.82, 2.24) is 4.98 Å². The molecule has 0 unspecified atom stereocenters. The number of rotatable bonds is 3. The Morgan fingerprint density at radius 3 is 2.70 bits per heavy atom. The van der Waals surface area contributed by atoms with E-state index in [1.54, 1.807) is 25.2 Å². The molecule has 2 aromatic rings. The third-order valence-electron chi connectivity index (χ3n) is 2.70. The first-order valence-electron chi connectivity index (χ1n) is 5.86. The van der Waals surface area contributed by atoms with Crippen LogP contribution in [0.2, 0.25) is 0 Å². The van der Waals surface area contributed by atoms with Crippen molar-refractivity contribution in [1.29, 1.82) is 5.26 Å². The molecule has 0 aliphatic heterocycles. The van der Waals surface area contributed by atoms with Crippen LogP contribution in [0.15, 0.2) is 41.3 Å². The van der Waals surface area contributed by atoms with Crippen LogP contribution >= 0.6 is 0 Å². The number of carbonyl (C=O) groups is 1. The fourth-order valence-corrected chi connectivity index (χ4v) is 1.72. The fraction of sp³-hybridized carbons (Fsp3) is 0.0714. The summed E-state index contributed by atoms with van der Waals surface area (Å²) in [6.45, 7) is 0.